The van der Waals surface area contributed by atoms with Crippen molar-refractivity contribution in [2.24, 2.45) is 0 Å². The van der Waals surface area contributed by atoms with Crippen LogP contribution in [0.1, 0.15) is 22.8 Å². The van der Waals surface area contributed by atoms with Crippen LogP contribution in [0.2, 0.25) is 10.2 Å². The van der Waals surface area contributed by atoms with Crippen molar-refractivity contribution in [3.63, 3.8) is 0 Å². The Morgan fingerprint density at radius 1 is 1.26 bits per heavy atom. The molecule has 1 N–H and O–H groups in total. The molecule has 0 saturated heterocycles. The number of ketones is 1. The quantitative estimate of drug-likeness (QED) is 0.135. The summed E-state index contributed by atoms with van der Waals surface area (Å²) in [7, 11) is 0. The molecule has 0 fully saturated rings. The third-order valence-corrected chi connectivity index (χ3v) is 4.59. The van der Waals surface area contributed by atoms with Gasteiger partial charge in [-0.3, -0.25) is 4.79 Å². The molecule has 0 unspecified atom stereocenters. The van der Waals surface area contributed by atoms with Gasteiger partial charge in [-0.2, -0.15) is 5.10 Å². The predicted molar refractivity (Wildman–Crippen MR) is 112 cm³/mol. The van der Waals surface area contributed by atoms with Gasteiger partial charge in [0, 0.05) is 11.9 Å². The summed E-state index contributed by atoms with van der Waals surface area (Å²) in [5.41, 5.74) is 0.463. The van der Waals surface area contributed by atoms with Crippen LogP contribution < -0.4 is 5.32 Å². The molecule has 0 amide bonds. The first-order valence-corrected chi connectivity index (χ1v) is 9.75. The number of nitrogens with one attached hydrogen (secondary N) is 1. The topological polar surface area (TPSA) is 99.0 Å². The van der Waals surface area contributed by atoms with Gasteiger partial charge in [-0.05, 0) is 24.6 Å². The van der Waals surface area contributed by atoms with Gasteiger partial charge in [0.25, 0.3) is 0 Å². The van der Waals surface area contributed by atoms with Gasteiger partial charge in [-0.25, -0.2) is 23.8 Å². The number of carbonyl (C=O) groups excluding carboxylic acids is 2. The number of carbonyl (C=O) groups is 2. The Labute approximate surface area is 186 Å². The third kappa shape index (κ3) is 5.44. The van der Waals surface area contributed by atoms with E-state index in [0.29, 0.717) is 12.2 Å². The van der Waals surface area contributed by atoms with Crippen LogP contribution >= 0.6 is 23.2 Å². The molecular weight excluding hydrogens is 448 g/mol. The maximum atomic E-state index is 14.4. The molecule has 0 radical (unpaired) electrons. The number of halogens is 3. The van der Waals surface area contributed by atoms with Crippen LogP contribution in [-0.2, 0) is 16.1 Å². The normalized spacial score (nSPS) is 11.3. The number of anilines is 1. The minimum Gasteiger partial charge on any atom is -0.462 e. The number of ether oxygens (including phenoxy) is 1. The lowest BCUT2D eigenvalue weighted by molar-refractivity contribution is -0.138. The van der Waals surface area contributed by atoms with E-state index in [1.165, 1.54) is 6.33 Å². The minimum atomic E-state index is -1.07. The maximum absolute atomic E-state index is 14.4. The van der Waals surface area contributed by atoms with E-state index in [1.807, 2.05) is 12.1 Å². The first-order valence-electron chi connectivity index (χ1n) is 9.00. The highest BCUT2D eigenvalue weighted by molar-refractivity contribution is 6.37. The predicted octanol–water partition coefficient (Wildman–Crippen LogP) is 3.91. The number of hydrogen-bond donors (Lipinski definition) is 1. The summed E-state index contributed by atoms with van der Waals surface area (Å²) >= 11 is 11.6. The molecule has 2 aromatic heterocycles. The molecular formula is C20H16Cl2FN5O3. The number of hydrogen-bond acceptors (Lipinski definition) is 7. The molecule has 3 rings (SSSR count). The minimum absolute atomic E-state index is 0.0183. The average Bonchev–Trinajstić information content (AvgIpc) is 3.26. The number of rotatable bonds is 8. The van der Waals surface area contributed by atoms with E-state index in [0.717, 1.165) is 18.0 Å². The molecule has 31 heavy (non-hydrogen) atoms. The second kappa shape index (κ2) is 10.1. The van der Waals surface area contributed by atoms with Gasteiger partial charge >= 0.3 is 5.97 Å². The highest BCUT2D eigenvalue weighted by Crippen LogP contribution is 2.26. The third-order valence-electron chi connectivity index (χ3n) is 4.04. The van der Waals surface area contributed by atoms with E-state index in [4.69, 9.17) is 27.9 Å². The SMILES string of the molecule is CCOC(=O)C(=CNc1ccc(Cn2cncn2)cc1)C(=O)c1c(Cl)ncc(Cl)c1F. The smallest absolute Gasteiger partial charge is 0.343 e. The van der Waals surface area contributed by atoms with E-state index in [-0.39, 0.29) is 6.61 Å². The average molecular weight is 464 g/mol. The van der Waals surface area contributed by atoms with E-state index < -0.39 is 38.9 Å². The fraction of sp³-hybridized carbons (Fsp3) is 0.150. The monoisotopic (exact) mass is 463 g/mol. The van der Waals surface area contributed by atoms with Crippen LogP contribution in [0.5, 0.6) is 0 Å². The molecule has 160 valence electrons. The molecule has 0 aliphatic carbocycles. The van der Waals surface area contributed by atoms with E-state index in [9.17, 15) is 14.0 Å². The van der Waals surface area contributed by atoms with Gasteiger partial charge in [0.2, 0.25) is 5.78 Å². The highest BCUT2D eigenvalue weighted by Gasteiger charge is 2.28. The first-order chi connectivity index (χ1) is 14.9. The fourth-order valence-corrected chi connectivity index (χ4v) is 2.92. The lowest BCUT2D eigenvalue weighted by Gasteiger charge is -2.10. The van der Waals surface area contributed by atoms with Gasteiger partial charge in [-0.1, -0.05) is 35.3 Å². The van der Waals surface area contributed by atoms with Crippen molar-refractivity contribution in [3.05, 3.63) is 82.0 Å². The number of nitrogens with zero attached hydrogens (tertiary/aromatic N) is 4. The van der Waals surface area contributed by atoms with Crippen molar-refractivity contribution < 1.29 is 18.7 Å². The summed E-state index contributed by atoms with van der Waals surface area (Å²) in [6, 6.07) is 7.15. The summed E-state index contributed by atoms with van der Waals surface area (Å²) in [5, 5.41) is 6.06. The molecule has 2 heterocycles. The zero-order valence-electron chi connectivity index (χ0n) is 16.2. The number of pyridine rings is 1. The number of esters is 1. The second-order valence-corrected chi connectivity index (χ2v) is 6.89. The Morgan fingerprint density at radius 3 is 2.65 bits per heavy atom. The molecule has 0 aliphatic heterocycles. The van der Waals surface area contributed by atoms with Crippen LogP contribution in [0.4, 0.5) is 10.1 Å². The fourth-order valence-electron chi connectivity index (χ4n) is 2.56. The molecule has 11 heteroatoms. The molecule has 0 atom stereocenters. The van der Waals surface area contributed by atoms with E-state index >= 15 is 0 Å². The Morgan fingerprint density at radius 2 is 2.00 bits per heavy atom. The molecule has 1 aromatic carbocycles. The van der Waals surface area contributed by atoms with Gasteiger partial charge in [0.05, 0.1) is 29.9 Å². The maximum Gasteiger partial charge on any atom is 0.343 e. The van der Waals surface area contributed by atoms with E-state index in [1.54, 1.807) is 30.1 Å². The lowest BCUT2D eigenvalue weighted by atomic mass is 10.1. The van der Waals surface area contributed by atoms with Gasteiger partial charge in [-0.15, -0.1) is 0 Å². The zero-order valence-corrected chi connectivity index (χ0v) is 17.7. The van der Waals surface area contributed by atoms with Crippen LogP contribution in [0, 0.1) is 5.82 Å². The van der Waals surface area contributed by atoms with Gasteiger partial charge < -0.3 is 10.1 Å². The second-order valence-electron chi connectivity index (χ2n) is 6.13. The summed E-state index contributed by atoms with van der Waals surface area (Å²) in [5.74, 6) is -3.02. The molecule has 8 nitrogen and oxygen atoms in total. The van der Waals surface area contributed by atoms with E-state index in [2.05, 4.69) is 20.4 Å². The number of Topliss-reactive ketones (excluding diaryl/α,β-unsaturated/α-hetero) is 1. The van der Waals surface area contributed by atoms with Crippen molar-refractivity contribution in [2.75, 3.05) is 11.9 Å². The summed E-state index contributed by atoms with van der Waals surface area (Å²) in [6.07, 6.45) is 5.15. The van der Waals surface area contributed by atoms with Crippen molar-refractivity contribution in [2.45, 2.75) is 13.5 Å². The summed E-state index contributed by atoms with van der Waals surface area (Å²) in [6.45, 7) is 2.13. The van der Waals surface area contributed by atoms with Crippen LogP contribution in [0.25, 0.3) is 0 Å². The van der Waals surface area contributed by atoms with Crippen molar-refractivity contribution in [3.8, 4) is 0 Å². The Balaban J connectivity index is 1.84. The van der Waals surface area contributed by atoms with Gasteiger partial charge in [0.1, 0.15) is 23.4 Å². The van der Waals surface area contributed by atoms with Gasteiger partial charge in [0.15, 0.2) is 5.82 Å². The zero-order chi connectivity index (χ0) is 22.4. The van der Waals surface area contributed by atoms with Crippen LogP contribution in [0.3, 0.4) is 0 Å². The Bertz CT molecular complexity index is 1120. The number of aromatic nitrogens is 4. The van der Waals surface area contributed by atoms with Crippen molar-refractivity contribution >= 4 is 40.6 Å². The Hall–Kier alpha value is -3.30. The number of benzene rings is 1. The van der Waals surface area contributed by atoms with Crippen molar-refractivity contribution in [1.82, 2.24) is 19.7 Å². The molecule has 0 bridgehead atoms. The summed E-state index contributed by atoms with van der Waals surface area (Å²) < 4.78 is 21.0. The molecule has 0 saturated carbocycles. The Kier molecular flexibility index (Phi) is 7.32. The van der Waals surface area contributed by atoms with Crippen LogP contribution in [0.15, 0.2) is 54.9 Å². The molecule has 3 aromatic rings. The molecule has 0 aliphatic rings. The molecule has 0 spiro atoms. The largest absolute Gasteiger partial charge is 0.462 e. The standard InChI is InChI=1S/C20H16Cl2FN5O3/c1-2-31-20(30)14(18(29)16-17(23)15(21)8-26-19(16)22)7-25-13-5-3-12(4-6-13)9-28-11-24-10-27-28/h3-8,10-11,25H,2,9H2,1H3. The first kappa shape index (κ1) is 22.4. The lowest BCUT2D eigenvalue weighted by Crippen LogP contribution is -2.19. The van der Waals surface area contributed by atoms with Crippen LogP contribution in [-0.4, -0.2) is 38.1 Å². The van der Waals surface area contributed by atoms with Crippen molar-refractivity contribution in [1.29, 1.82) is 0 Å². The highest BCUT2D eigenvalue weighted by atomic mass is 35.5. The summed E-state index contributed by atoms with van der Waals surface area (Å²) in [4.78, 5) is 32.7.